The molecule has 1 N–H and O–H groups in total. The topological polar surface area (TPSA) is 12.0 Å². The Labute approximate surface area is 106 Å². The highest BCUT2D eigenvalue weighted by atomic mass is 14.9. The van der Waals surface area contributed by atoms with Crippen LogP contribution in [0.2, 0.25) is 0 Å². The molecule has 1 aromatic rings. The normalized spacial score (nSPS) is 12.6. The van der Waals surface area contributed by atoms with E-state index >= 15 is 0 Å². The van der Waals surface area contributed by atoms with E-state index < -0.39 is 0 Å². The van der Waals surface area contributed by atoms with Gasteiger partial charge in [0, 0.05) is 12.6 Å². The molecular formula is C16H25N. The minimum absolute atomic E-state index is 0.556. The van der Waals surface area contributed by atoms with Crippen LogP contribution < -0.4 is 5.32 Å². The summed E-state index contributed by atoms with van der Waals surface area (Å²) in [5.74, 6) is 0.624. The highest BCUT2D eigenvalue weighted by Crippen LogP contribution is 2.21. The maximum Gasteiger partial charge on any atom is 0.00225 e. The maximum atomic E-state index is 3.79. The standard InChI is InChI=1S/C16H25N/c1-4-5-7-12-16(13-17-14(2)3)15-10-8-6-9-11-15/h4,6,8-11,14,16-17H,1,5,7,12-13H2,2-3H3. The first kappa shape index (κ1) is 14.0. The Morgan fingerprint density at radius 2 is 1.94 bits per heavy atom. The predicted molar refractivity (Wildman–Crippen MR) is 76.4 cm³/mol. The van der Waals surface area contributed by atoms with Crippen LogP contribution in [-0.2, 0) is 0 Å². The summed E-state index contributed by atoms with van der Waals surface area (Å²) in [6.07, 6.45) is 5.58. The summed E-state index contributed by atoms with van der Waals surface area (Å²) < 4.78 is 0. The van der Waals surface area contributed by atoms with E-state index in [1.54, 1.807) is 0 Å². The smallest absolute Gasteiger partial charge is 0.00225 e. The first-order chi connectivity index (χ1) is 8.24. The molecule has 0 fully saturated rings. The van der Waals surface area contributed by atoms with Gasteiger partial charge in [-0.3, -0.25) is 0 Å². The highest BCUT2D eigenvalue weighted by molar-refractivity contribution is 5.19. The second kappa shape index (κ2) is 8.08. The largest absolute Gasteiger partial charge is 0.314 e. The van der Waals surface area contributed by atoms with Gasteiger partial charge in [0.2, 0.25) is 0 Å². The molecule has 0 aromatic heterocycles. The summed E-state index contributed by atoms with van der Waals surface area (Å²) in [5, 5.41) is 3.55. The van der Waals surface area contributed by atoms with E-state index in [0.29, 0.717) is 12.0 Å². The molecule has 0 radical (unpaired) electrons. The Balaban J connectivity index is 2.55. The van der Waals surface area contributed by atoms with E-state index in [2.05, 4.69) is 56.1 Å². The van der Waals surface area contributed by atoms with Crippen molar-refractivity contribution in [3.8, 4) is 0 Å². The van der Waals surface area contributed by atoms with Crippen LogP contribution in [0.3, 0.4) is 0 Å². The van der Waals surface area contributed by atoms with Crippen molar-refractivity contribution in [2.45, 2.75) is 45.1 Å². The molecule has 0 aliphatic heterocycles. The zero-order valence-corrected chi connectivity index (χ0v) is 11.2. The molecule has 17 heavy (non-hydrogen) atoms. The second-order valence-electron chi connectivity index (χ2n) is 4.89. The molecule has 1 nitrogen and oxygen atoms in total. The van der Waals surface area contributed by atoms with Gasteiger partial charge in [0.1, 0.15) is 0 Å². The molecule has 94 valence electrons. The summed E-state index contributed by atoms with van der Waals surface area (Å²) in [5.41, 5.74) is 1.45. The molecular weight excluding hydrogens is 206 g/mol. The first-order valence-corrected chi connectivity index (χ1v) is 6.63. The summed E-state index contributed by atoms with van der Waals surface area (Å²) in [4.78, 5) is 0. The van der Waals surface area contributed by atoms with Gasteiger partial charge in [0.05, 0.1) is 0 Å². The van der Waals surface area contributed by atoms with E-state index in [-0.39, 0.29) is 0 Å². The average Bonchev–Trinajstić information content (AvgIpc) is 2.34. The molecule has 1 unspecified atom stereocenters. The van der Waals surface area contributed by atoms with E-state index in [0.717, 1.165) is 13.0 Å². The molecule has 1 heteroatoms. The van der Waals surface area contributed by atoms with Gasteiger partial charge in [-0.2, -0.15) is 0 Å². The second-order valence-corrected chi connectivity index (χ2v) is 4.89. The number of allylic oxidation sites excluding steroid dienone is 1. The van der Waals surface area contributed by atoms with Crippen molar-refractivity contribution in [1.29, 1.82) is 0 Å². The zero-order chi connectivity index (χ0) is 12.5. The van der Waals surface area contributed by atoms with E-state index in [4.69, 9.17) is 0 Å². The van der Waals surface area contributed by atoms with Gasteiger partial charge in [-0.25, -0.2) is 0 Å². The summed E-state index contributed by atoms with van der Waals surface area (Å²) in [6, 6.07) is 11.4. The quantitative estimate of drug-likeness (QED) is 0.524. The summed E-state index contributed by atoms with van der Waals surface area (Å²) in [7, 11) is 0. The van der Waals surface area contributed by atoms with Crippen LogP contribution in [0, 0.1) is 0 Å². The molecule has 0 aliphatic carbocycles. The number of hydrogen-bond donors (Lipinski definition) is 1. The van der Waals surface area contributed by atoms with Crippen LogP contribution in [0.5, 0.6) is 0 Å². The Hall–Kier alpha value is -1.08. The van der Waals surface area contributed by atoms with Crippen molar-refractivity contribution < 1.29 is 0 Å². The lowest BCUT2D eigenvalue weighted by molar-refractivity contribution is 0.499. The number of hydrogen-bond acceptors (Lipinski definition) is 1. The van der Waals surface area contributed by atoms with Crippen molar-refractivity contribution in [2.24, 2.45) is 0 Å². The van der Waals surface area contributed by atoms with Crippen molar-refractivity contribution in [1.82, 2.24) is 5.32 Å². The lowest BCUT2D eigenvalue weighted by Gasteiger charge is -2.19. The van der Waals surface area contributed by atoms with E-state index in [1.807, 2.05) is 6.08 Å². The molecule has 0 heterocycles. The maximum absolute atomic E-state index is 3.79. The van der Waals surface area contributed by atoms with Crippen molar-refractivity contribution in [2.75, 3.05) is 6.54 Å². The molecule has 0 spiro atoms. The number of unbranched alkanes of at least 4 members (excludes halogenated alkanes) is 1. The summed E-state index contributed by atoms with van der Waals surface area (Å²) in [6.45, 7) is 9.26. The van der Waals surface area contributed by atoms with Gasteiger partial charge >= 0.3 is 0 Å². The van der Waals surface area contributed by atoms with E-state index in [1.165, 1.54) is 18.4 Å². The predicted octanol–water partition coefficient (Wildman–Crippen LogP) is 4.12. The van der Waals surface area contributed by atoms with Crippen LogP contribution in [-0.4, -0.2) is 12.6 Å². The van der Waals surface area contributed by atoms with Gasteiger partial charge in [0.25, 0.3) is 0 Å². The Morgan fingerprint density at radius 1 is 1.24 bits per heavy atom. The molecule has 1 atom stereocenters. The Morgan fingerprint density at radius 3 is 2.53 bits per heavy atom. The van der Waals surface area contributed by atoms with Gasteiger partial charge in [-0.15, -0.1) is 6.58 Å². The first-order valence-electron chi connectivity index (χ1n) is 6.63. The van der Waals surface area contributed by atoms with E-state index in [9.17, 15) is 0 Å². The van der Waals surface area contributed by atoms with Crippen LogP contribution in [0.4, 0.5) is 0 Å². The SMILES string of the molecule is C=CCCCC(CNC(C)C)c1ccccc1. The van der Waals surface area contributed by atoms with Crippen LogP contribution in [0.1, 0.15) is 44.6 Å². The van der Waals surface area contributed by atoms with Gasteiger partial charge < -0.3 is 5.32 Å². The molecule has 0 bridgehead atoms. The van der Waals surface area contributed by atoms with Gasteiger partial charge in [0.15, 0.2) is 0 Å². The minimum Gasteiger partial charge on any atom is -0.314 e. The van der Waals surface area contributed by atoms with Crippen molar-refractivity contribution in [3.05, 3.63) is 48.6 Å². The molecule has 1 aromatic carbocycles. The third kappa shape index (κ3) is 5.69. The molecule has 0 amide bonds. The molecule has 0 aliphatic rings. The van der Waals surface area contributed by atoms with Crippen molar-refractivity contribution >= 4 is 0 Å². The van der Waals surface area contributed by atoms with Crippen LogP contribution in [0.15, 0.2) is 43.0 Å². The Bertz CT molecular complexity index is 303. The van der Waals surface area contributed by atoms with Gasteiger partial charge in [-0.05, 0) is 30.7 Å². The highest BCUT2D eigenvalue weighted by Gasteiger charge is 2.10. The molecule has 1 rings (SSSR count). The van der Waals surface area contributed by atoms with Crippen LogP contribution >= 0.6 is 0 Å². The molecule has 0 saturated heterocycles. The summed E-state index contributed by atoms with van der Waals surface area (Å²) >= 11 is 0. The zero-order valence-electron chi connectivity index (χ0n) is 11.2. The monoisotopic (exact) mass is 231 g/mol. The van der Waals surface area contributed by atoms with Crippen molar-refractivity contribution in [3.63, 3.8) is 0 Å². The number of rotatable bonds is 8. The third-order valence-corrected chi connectivity index (χ3v) is 3.00. The number of nitrogens with one attached hydrogen (secondary N) is 1. The van der Waals surface area contributed by atoms with Gasteiger partial charge in [-0.1, -0.05) is 50.3 Å². The lowest BCUT2D eigenvalue weighted by Crippen LogP contribution is -2.28. The third-order valence-electron chi connectivity index (χ3n) is 3.00. The fourth-order valence-corrected chi connectivity index (χ4v) is 2.00. The number of benzene rings is 1. The Kier molecular flexibility index (Phi) is 6.64. The molecule has 0 saturated carbocycles. The average molecular weight is 231 g/mol. The van der Waals surface area contributed by atoms with Crippen LogP contribution in [0.25, 0.3) is 0 Å². The fourth-order valence-electron chi connectivity index (χ4n) is 2.00. The lowest BCUT2D eigenvalue weighted by atomic mass is 9.93. The minimum atomic E-state index is 0.556. The fraction of sp³-hybridized carbons (Fsp3) is 0.500.